The Hall–Kier alpha value is -2.69. The highest BCUT2D eigenvalue weighted by Crippen LogP contribution is 2.29. The van der Waals surface area contributed by atoms with Crippen molar-refractivity contribution in [2.24, 2.45) is 5.92 Å². The topological polar surface area (TPSA) is 95.1 Å². The molecule has 10 heteroatoms. The average molecular weight is 560 g/mol. The van der Waals surface area contributed by atoms with E-state index in [1.807, 2.05) is 13.0 Å². The molecule has 0 atom stereocenters. The van der Waals surface area contributed by atoms with E-state index in [-0.39, 0.29) is 23.8 Å². The van der Waals surface area contributed by atoms with E-state index in [2.05, 4.69) is 33.9 Å². The maximum absolute atomic E-state index is 13.2. The summed E-state index contributed by atoms with van der Waals surface area (Å²) in [5.41, 5.74) is 2.85. The number of benzene rings is 1. The lowest BCUT2D eigenvalue weighted by Gasteiger charge is -2.35. The van der Waals surface area contributed by atoms with Gasteiger partial charge in [-0.05, 0) is 87.5 Å². The van der Waals surface area contributed by atoms with Crippen molar-refractivity contribution >= 4 is 27.4 Å². The number of hydrogen-bond donors (Lipinski definition) is 1. The number of ether oxygens (including phenoxy) is 1. The van der Waals surface area contributed by atoms with Crippen LogP contribution in [0.2, 0.25) is 0 Å². The third kappa shape index (κ3) is 7.70. The van der Waals surface area contributed by atoms with Crippen molar-refractivity contribution in [1.29, 1.82) is 0 Å². The van der Waals surface area contributed by atoms with Gasteiger partial charge in [-0.15, -0.1) is 0 Å². The van der Waals surface area contributed by atoms with Crippen molar-refractivity contribution in [2.45, 2.75) is 58.8 Å². The van der Waals surface area contributed by atoms with Gasteiger partial charge in [-0.2, -0.15) is 0 Å². The van der Waals surface area contributed by atoms with Crippen molar-refractivity contribution in [3.05, 3.63) is 41.1 Å². The minimum Gasteiger partial charge on any atom is -0.497 e. The smallest absolute Gasteiger partial charge is 0.243 e. The standard InChI is InChI=1S/C29H45N5O4S/c1-8-33(9-2)20-24-10-14-34(15-11-24)29-23(5)16-25(19-30-29)31-27(35)12-13-32(6)39(36,37)28-21(3)17-26(38-7)18-22(28)4/h16-19,24H,8-15,20H2,1-7H3,(H,31,35). The summed E-state index contributed by atoms with van der Waals surface area (Å²) in [5, 5.41) is 2.88. The Bertz CT molecular complexity index is 1220. The number of sulfonamides is 1. The molecule has 1 aliphatic rings. The van der Waals surface area contributed by atoms with Gasteiger partial charge in [-0.3, -0.25) is 4.79 Å². The summed E-state index contributed by atoms with van der Waals surface area (Å²) < 4.78 is 32.9. The van der Waals surface area contributed by atoms with Gasteiger partial charge in [0.15, 0.2) is 0 Å². The zero-order valence-electron chi connectivity index (χ0n) is 24.6. The third-order valence-corrected chi connectivity index (χ3v) is 9.81. The molecule has 1 aromatic carbocycles. The van der Waals surface area contributed by atoms with E-state index in [9.17, 15) is 13.2 Å². The van der Waals surface area contributed by atoms with Gasteiger partial charge in [0.05, 0.1) is 23.9 Å². The van der Waals surface area contributed by atoms with Crippen LogP contribution in [0.5, 0.6) is 5.75 Å². The average Bonchev–Trinajstić information content (AvgIpc) is 2.90. The second kappa shape index (κ2) is 13.6. The molecule has 0 unspecified atom stereocenters. The Morgan fingerprint density at radius 2 is 1.69 bits per heavy atom. The number of carbonyl (C=O) groups excluding carboxylic acids is 1. The molecule has 2 heterocycles. The number of hydrogen-bond acceptors (Lipinski definition) is 7. The number of amides is 1. The Morgan fingerprint density at radius 3 is 2.23 bits per heavy atom. The van der Waals surface area contributed by atoms with Crippen molar-refractivity contribution in [3.8, 4) is 5.75 Å². The van der Waals surface area contributed by atoms with Crippen LogP contribution in [0.15, 0.2) is 29.3 Å². The molecule has 0 radical (unpaired) electrons. The number of aryl methyl sites for hydroxylation is 3. The van der Waals surface area contributed by atoms with Crippen molar-refractivity contribution < 1.29 is 17.9 Å². The molecule has 1 saturated heterocycles. The summed E-state index contributed by atoms with van der Waals surface area (Å²) in [6.07, 6.45) is 4.03. The first kappa shape index (κ1) is 30.8. The Kier molecular flexibility index (Phi) is 10.7. The zero-order valence-corrected chi connectivity index (χ0v) is 25.4. The number of nitrogens with zero attached hydrogens (tertiary/aromatic N) is 4. The fourth-order valence-electron chi connectivity index (χ4n) is 5.34. The molecule has 0 bridgehead atoms. The molecule has 1 aromatic heterocycles. The molecule has 39 heavy (non-hydrogen) atoms. The SMILES string of the molecule is CCN(CC)CC1CCN(c2ncc(NC(=O)CCN(C)S(=O)(=O)c3c(C)cc(OC)cc3C)cc2C)CC1. The van der Waals surface area contributed by atoms with Crippen LogP contribution in [0.3, 0.4) is 0 Å². The molecule has 0 aliphatic carbocycles. The third-order valence-electron chi connectivity index (χ3n) is 7.65. The highest BCUT2D eigenvalue weighted by Gasteiger charge is 2.26. The lowest BCUT2D eigenvalue weighted by molar-refractivity contribution is -0.116. The lowest BCUT2D eigenvalue weighted by atomic mass is 9.96. The summed E-state index contributed by atoms with van der Waals surface area (Å²) in [5.74, 6) is 2.04. The first-order valence-corrected chi connectivity index (χ1v) is 15.3. The number of anilines is 2. The molecule has 0 saturated carbocycles. The maximum Gasteiger partial charge on any atom is 0.243 e. The van der Waals surface area contributed by atoms with Crippen LogP contribution in [0.25, 0.3) is 0 Å². The minimum absolute atomic E-state index is 0.0326. The molecule has 1 amide bonds. The van der Waals surface area contributed by atoms with E-state index < -0.39 is 10.0 Å². The largest absolute Gasteiger partial charge is 0.497 e. The van der Waals surface area contributed by atoms with Gasteiger partial charge < -0.3 is 19.9 Å². The normalized spacial score (nSPS) is 14.7. The maximum atomic E-state index is 13.2. The molecule has 9 nitrogen and oxygen atoms in total. The van der Waals surface area contributed by atoms with E-state index in [1.54, 1.807) is 39.3 Å². The second-order valence-corrected chi connectivity index (χ2v) is 12.5. The van der Waals surface area contributed by atoms with Crippen molar-refractivity contribution in [3.63, 3.8) is 0 Å². The second-order valence-electron chi connectivity index (χ2n) is 10.5. The molecule has 1 fully saturated rings. The van der Waals surface area contributed by atoms with Gasteiger partial charge in [0.1, 0.15) is 11.6 Å². The van der Waals surface area contributed by atoms with Crippen LogP contribution >= 0.6 is 0 Å². The van der Waals surface area contributed by atoms with Crippen LogP contribution in [-0.2, 0) is 14.8 Å². The van der Waals surface area contributed by atoms with E-state index in [0.29, 0.717) is 22.6 Å². The van der Waals surface area contributed by atoms with Crippen LogP contribution in [0.4, 0.5) is 11.5 Å². The van der Waals surface area contributed by atoms with Crippen LogP contribution < -0.4 is 15.0 Å². The first-order valence-electron chi connectivity index (χ1n) is 13.8. The highest BCUT2D eigenvalue weighted by atomic mass is 32.2. The summed E-state index contributed by atoms with van der Waals surface area (Å²) >= 11 is 0. The molecule has 3 rings (SSSR count). The monoisotopic (exact) mass is 559 g/mol. The van der Waals surface area contributed by atoms with Crippen LogP contribution in [0.1, 0.15) is 49.8 Å². The molecular weight excluding hydrogens is 514 g/mol. The summed E-state index contributed by atoms with van der Waals surface area (Å²) in [6, 6.07) is 5.34. The van der Waals surface area contributed by atoms with Gasteiger partial charge in [0, 0.05) is 39.6 Å². The fraction of sp³-hybridized carbons (Fsp3) is 0.586. The highest BCUT2D eigenvalue weighted by molar-refractivity contribution is 7.89. The number of aromatic nitrogens is 1. The number of piperidine rings is 1. The van der Waals surface area contributed by atoms with E-state index in [0.717, 1.165) is 62.9 Å². The number of rotatable bonds is 12. The van der Waals surface area contributed by atoms with Crippen molar-refractivity contribution in [2.75, 3.05) is 63.6 Å². The minimum atomic E-state index is -3.76. The van der Waals surface area contributed by atoms with Gasteiger partial charge in [0.25, 0.3) is 0 Å². The molecule has 216 valence electrons. The molecule has 1 N–H and O–H groups in total. The van der Waals surface area contributed by atoms with Gasteiger partial charge in [-0.1, -0.05) is 13.8 Å². The van der Waals surface area contributed by atoms with Gasteiger partial charge in [0.2, 0.25) is 15.9 Å². The molecular formula is C29H45N5O4S. The summed E-state index contributed by atoms with van der Waals surface area (Å²) in [6.45, 7) is 15.3. The predicted molar refractivity (Wildman–Crippen MR) is 157 cm³/mol. The summed E-state index contributed by atoms with van der Waals surface area (Å²) in [7, 11) is -0.708. The quantitative estimate of drug-likeness (QED) is 0.416. The first-order chi connectivity index (χ1) is 18.5. The van der Waals surface area contributed by atoms with Gasteiger partial charge in [-0.25, -0.2) is 17.7 Å². The molecule has 2 aromatic rings. The number of nitrogens with one attached hydrogen (secondary N) is 1. The van der Waals surface area contributed by atoms with E-state index >= 15 is 0 Å². The van der Waals surface area contributed by atoms with E-state index in [4.69, 9.17) is 4.74 Å². The predicted octanol–water partition coefficient (Wildman–Crippen LogP) is 4.22. The fourth-order valence-corrected chi connectivity index (χ4v) is 6.91. The van der Waals surface area contributed by atoms with Gasteiger partial charge >= 0.3 is 0 Å². The zero-order chi connectivity index (χ0) is 28.7. The lowest BCUT2D eigenvalue weighted by Crippen LogP contribution is -2.39. The number of methoxy groups -OCH3 is 1. The van der Waals surface area contributed by atoms with Crippen LogP contribution in [-0.4, -0.2) is 81.9 Å². The molecule has 0 spiro atoms. The Morgan fingerprint density at radius 1 is 1.08 bits per heavy atom. The van der Waals surface area contributed by atoms with Crippen LogP contribution in [0, 0.1) is 26.7 Å². The summed E-state index contributed by atoms with van der Waals surface area (Å²) in [4.78, 5) is 22.4. The number of carbonyl (C=O) groups is 1. The number of pyridine rings is 1. The molecule has 1 aliphatic heterocycles. The Labute approximate surface area is 234 Å². The van der Waals surface area contributed by atoms with Crippen molar-refractivity contribution in [1.82, 2.24) is 14.2 Å². The van der Waals surface area contributed by atoms with E-state index in [1.165, 1.54) is 11.4 Å². The Balaban J connectivity index is 1.55.